The van der Waals surface area contributed by atoms with Gasteiger partial charge in [0, 0.05) is 35.4 Å². The molecule has 0 spiro atoms. The number of piperidine rings is 1. The van der Waals surface area contributed by atoms with Crippen LogP contribution in [0.4, 0.5) is 16.2 Å². The molecule has 1 saturated heterocycles. The second-order valence-corrected chi connectivity index (χ2v) is 7.52. The van der Waals surface area contributed by atoms with Crippen LogP contribution in [0.1, 0.15) is 24.6 Å². The molecule has 7 heteroatoms. The number of carbonyl (C=O) groups is 2. The third kappa shape index (κ3) is 5.72. The van der Waals surface area contributed by atoms with E-state index in [0.717, 1.165) is 29.1 Å². The number of ether oxygens (including phenoxy) is 1. The quantitative estimate of drug-likeness (QED) is 0.787. The number of anilines is 2. The largest absolute Gasteiger partial charge is 0.450 e. The molecule has 0 aliphatic carbocycles. The van der Waals surface area contributed by atoms with Gasteiger partial charge >= 0.3 is 6.09 Å². The number of hydrogen-bond donors (Lipinski definition) is 2. The molecule has 2 heterocycles. The van der Waals surface area contributed by atoms with E-state index in [1.807, 2.05) is 48.7 Å². The van der Waals surface area contributed by atoms with Gasteiger partial charge in [-0.1, -0.05) is 6.07 Å². The number of hydrogen-bond acceptors (Lipinski definition) is 5. The van der Waals surface area contributed by atoms with Crippen LogP contribution >= 0.6 is 11.3 Å². The van der Waals surface area contributed by atoms with Crippen LogP contribution in [0.2, 0.25) is 0 Å². The third-order valence-electron chi connectivity index (χ3n) is 4.48. The van der Waals surface area contributed by atoms with Gasteiger partial charge in [-0.25, -0.2) is 4.79 Å². The van der Waals surface area contributed by atoms with E-state index >= 15 is 0 Å². The Hall–Kier alpha value is -2.54. The van der Waals surface area contributed by atoms with Gasteiger partial charge in [-0.3, -0.25) is 4.79 Å². The van der Waals surface area contributed by atoms with Gasteiger partial charge in [0.05, 0.1) is 13.0 Å². The van der Waals surface area contributed by atoms with E-state index in [1.165, 1.54) is 0 Å². The molecule has 27 heavy (non-hydrogen) atoms. The first-order chi connectivity index (χ1) is 13.1. The van der Waals surface area contributed by atoms with Crippen LogP contribution < -0.4 is 10.6 Å². The average molecular weight is 388 g/mol. The molecule has 3 rings (SSSR count). The Labute approximate surface area is 163 Å². The van der Waals surface area contributed by atoms with E-state index in [9.17, 15) is 9.59 Å². The molecule has 0 radical (unpaired) electrons. The normalized spacial score (nSPS) is 14.6. The van der Waals surface area contributed by atoms with E-state index in [0.29, 0.717) is 32.2 Å². The number of nitrogens with one attached hydrogen (secondary N) is 2. The third-order valence-corrected chi connectivity index (χ3v) is 5.35. The van der Waals surface area contributed by atoms with Crippen LogP contribution in [0.25, 0.3) is 0 Å². The second kappa shape index (κ2) is 9.41. The number of nitrogens with zero attached hydrogens (tertiary/aromatic N) is 1. The van der Waals surface area contributed by atoms with Crippen LogP contribution in [-0.4, -0.2) is 42.6 Å². The van der Waals surface area contributed by atoms with E-state index in [1.54, 1.807) is 16.2 Å². The first-order valence-electron chi connectivity index (χ1n) is 9.24. The van der Waals surface area contributed by atoms with Crippen molar-refractivity contribution < 1.29 is 14.3 Å². The lowest BCUT2D eigenvalue weighted by Crippen LogP contribution is -2.42. The van der Waals surface area contributed by atoms with Crippen LogP contribution in [0, 0.1) is 0 Å². The predicted octanol–water partition coefficient (Wildman–Crippen LogP) is 3.96. The zero-order valence-electron chi connectivity index (χ0n) is 15.4. The molecule has 6 nitrogen and oxygen atoms in total. The number of amides is 2. The van der Waals surface area contributed by atoms with Gasteiger partial charge in [0.1, 0.15) is 0 Å². The summed E-state index contributed by atoms with van der Waals surface area (Å²) >= 11 is 1.58. The smallest absolute Gasteiger partial charge is 0.409 e. The Bertz CT molecular complexity index is 738. The summed E-state index contributed by atoms with van der Waals surface area (Å²) < 4.78 is 5.05. The predicted molar refractivity (Wildman–Crippen MR) is 108 cm³/mol. The molecular weight excluding hydrogens is 362 g/mol. The maximum Gasteiger partial charge on any atom is 0.409 e. The van der Waals surface area contributed by atoms with Gasteiger partial charge < -0.3 is 20.3 Å². The summed E-state index contributed by atoms with van der Waals surface area (Å²) in [4.78, 5) is 26.6. The molecule has 0 bridgehead atoms. The Kier molecular flexibility index (Phi) is 6.70. The number of rotatable bonds is 6. The highest BCUT2D eigenvalue weighted by molar-refractivity contribution is 7.10. The second-order valence-electron chi connectivity index (χ2n) is 6.49. The molecule has 0 unspecified atom stereocenters. The molecule has 1 aliphatic rings. The maximum atomic E-state index is 12.1. The van der Waals surface area contributed by atoms with Crippen LogP contribution in [0.5, 0.6) is 0 Å². The molecule has 144 valence electrons. The molecule has 2 N–H and O–H groups in total. The van der Waals surface area contributed by atoms with Crippen molar-refractivity contribution in [2.45, 2.75) is 32.2 Å². The lowest BCUT2D eigenvalue weighted by molar-refractivity contribution is -0.115. The maximum absolute atomic E-state index is 12.1. The standard InChI is InChI=1S/C20H25N3O3S/c1-2-26-20(25)23-11-9-17(10-12-23)21-15-5-7-16(8-6-15)22-19(24)14-18-4-3-13-27-18/h3-8,13,17,21H,2,9-12,14H2,1H3,(H,22,24). The minimum Gasteiger partial charge on any atom is -0.450 e. The summed E-state index contributed by atoms with van der Waals surface area (Å²) in [6.07, 6.45) is 1.95. The van der Waals surface area contributed by atoms with Crippen molar-refractivity contribution in [3.8, 4) is 0 Å². The van der Waals surface area contributed by atoms with Crippen molar-refractivity contribution in [3.63, 3.8) is 0 Å². The molecular formula is C20H25N3O3S. The van der Waals surface area contributed by atoms with Gasteiger partial charge in [-0.15, -0.1) is 11.3 Å². The Balaban J connectivity index is 1.44. The molecule has 2 amide bonds. The summed E-state index contributed by atoms with van der Waals surface area (Å²) in [7, 11) is 0. The highest BCUT2D eigenvalue weighted by Crippen LogP contribution is 2.19. The number of likely N-dealkylation sites (tertiary alicyclic amines) is 1. The summed E-state index contributed by atoms with van der Waals surface area (Å²) in [5, 5.41) is 8.40. The Morgan fingerprint density at radius 1 is 1.15 bits per heavy atom. The van der Waals surface area contributed by atoms with Gasteiger partial charge in [0.2, 0.25) is 5.91 Å². The minimum absolute atomic E-state index is 0.00973. The summed E-state index contributed by atoms with van der Waals surface area (Å²) in [5.74, 6) is -0.00973. The van der Waals surface area contributed by atoms with Crippen molar-refractivity contribution in [1.29, 1.82) is 0 Å². The van der Waals surface area contributed by atoms with Crippen molar-refractivity contribution in [1.82, 2.24) is 4.90 Å². The average Bonchev–Trinajstić information content (AvgIpc) is 3.17. The molecule has 1 aromatic heterocycles. The van der Waals surface area contributed by atoms with Crippen molar-refractivity contribution in [2.75, 3.05) is 30.3 Å². The highest BCUT2D eigenvalue weighted by atomic mass is 32.1. The highest BCUT2D eigenvalue weighted by Gasteiger charge is 2.23. The zero-order chi connectivity index (χ0) is 19.1. The number of carbonyl (C=O) groups excluding carboxylic acids is 2. The van der Waals surface area contributed by atoms with Crippen LogP contribution in [0.3, 0.4) is 0 Å². The molecule has 1 aromatic carbocycles. The first kappa shape index (κ1) is 19.2. The fraction of sp³-hybridized carbons (Fsp3) is 0.400. The molecule has 1 fully saturated rings. The van der Waals surface area contributed by atoms with E-state index in [2.05, 4.69) is 10.6 Å². The van der Waals surface area contributed by atoms with Gasteiger partial charge in [-0.2, -0.15) is 0 Å². The van der Waals surface area contributed by atoms with E-state index in [4.69, 9.17) is 4.74 Å². The van der Waals surface area contributed by atoms with Gasteiger partial charge in [-0.05, 0) is 55.5 Å². The fourth-order valence-corrected chi connectivity index (χ4v) is 3.79. The summed E-state index contributed by atoms with van der Waals surface area (Å²) in [5.41, 5.74) is 1.81. The van der Waals surface area contributed by atoms with Crippen LogP contribution in [0.15, 0.2) is 41.8 Å². The van der Waals surface area contributed by atoms with Crippen LogP contribution in [-0.2, 0) is 16.0 Å². The lowest BCUT2D eigenvalue weighted by Gasteiger charge is -2.32. The molecule has 0 saturated carbocycles. The van der Waals surface area contributed by atoms with Gasteiger partial charge in [0.25, 0.3) is 0 Å². The van der Waals surface area contributed by atoms with Crippen molar-refractivity contribution >= 4 is 34.7 Å². The minimum atomic E-state index is -0.224. The fourth-order valence-electron chi connectivity index (χ4n) is 3.08. The monoisotopic (exact) mass is 387 g/mol. The lowest BCUT2D eigenvalue weighted by atomic mass is 10.0. The Morgan fingerprint density at radius 3 is 2.48 bits per heavy atom. The Morgan fingerprint density at radius 2 is 1.85 bits per heavy atom. The van der Waals surface area contributed by atoms with E-state index in [-0.39, 0.29) is 12.0 Å². The zero-order valence-corrected chi connectivity index (χ0v) is 16.3. The first-order valence-corrected chi connectivity index (χ1v) is 10.1. The number of thiophene rings is 1. The molecule has 2 aromatic rings. The van der Waals surface area contributed by atoms with Crippen molar-refractivity contribution in [3.05, 3.63) is 46.7 Å². The SMILES string of the molecule is CCOC(=O)N1CCC(Nc2ccc(NC(=O)Cc3cccs3)cc2)CC1. The molecule has 1 aliphatic heterocycles. The van der Waals surface area contributed by atoms with Crippen molar-refractivity contribution in [2.24, 2.45) is 0 Å². The van der Waals surface area contributed by atoms with Gasteiger partial charge in [0.15, 0.2) is 0 Å². The van der Waals surface area contributed by atoms with E-state index < -0.39 is 0 Å². The summed E-state index contributed by atoms with van der Waals surface area (Å²) in [6, 6.07) is 12.0. The topological polar surface area (TPSA) is 70.7 Å². The number of benzene rings is 1. The molecule has 0 atom stereocenters. The summed E-state index contributed by atoms with van der Waals surface area (Å²) in [6.45, 7) is 3.63.